The van der Waals surface area contributed by atoms with Crippen LogP contribution in [0.1, 0.15) is 31.0 Å². The number of aromatic amines is 1. The molecule has 0 bridgehead atoms. The normalized spacial score (nSPS) is 11.6. The van der Waals surface area contributed by atoms with E-state index in [9.17, 15) is 4.79 Å². The van der Waals surface area contributed by atoms with E-state index in [4.69, 9.17) is 15.7 Å². The Morgan fingerprint density at radius 1 is 1.50 bits per heavy atom. The van der Waals surface area contributed by atoms with Gasteiger partial charge in [0.1, 0.15) is 17.4 Å². The minimum absolute atomic E-state index is 0.0304. The number of carbonyl (C=O) groups excluding carboxylic acids is 1. The number of carbonyl (C=O) groups is 1. The maximum atomic E-state index is 12.1. The first-order chi connectivity index (χ1) is 12.5. The zero-order valence-electron chi connectivity index (χ0n) is 15.0. The van der Waals surface area contributed by atoms with Crippen molar-refractivity contribution >= 4 is 17.4 Å². The molecule has 0 aliphatic carbocycles. The number of benzene rings is 1. The van der Waals surface area contributed by atoms with E-state index in [2.05, 4.69) is 20.8 Å². The summed E-state index contributed by atoms with van der Waals surface area (Å²) in [5, 5.41) is 21.8. The number of amides is 1. The van der Waals surface area contributed by atoms with Crippen molar-refractivity contribution in [2.24, 2.45) is 0 Å². The number of hydrogen-bond acceptors (Lipinski definition) is 6. The highest BCUT2D eigenvalue weighted by atomic mass is 16.5. The number of anilines is 2. The Labute approximate surface area is 152 Å². The van der Waals surface area contributed by atoms with Crippen molar-refractivity contribution in [2.45, 2.75) is 32.2 Å². The smallest absolute Gasteiger partial charge is 0.225 e. The molecular formula is C18H24N6O2. The van der Waals surface area contributed by atoms with Gasteiger partial charge in [-0.2, -0.15) is 10.4 Å². The van der Waals surface area contributed by atoms with Gasteiger partial charge < -0.3 is 21.1 Å². The predicted molar refractivity (Wildman–Crippen MR) is 99.7 cm³/mol. The van der Waals surface area contributed by atoms with Crippen LogP contribution >= 0.6 is 0 Å². The van der Waals surface area contributed by atoms with Gasteiger partial charge in [0.05, 0.1) is 12.8 Å². The molecule has 0 fully saturated rings. The molecule has 0 saturated heterocycles. The number of hydrogen-bond donors (Lipinski definition) is 4. The van der Waals surface area contributed by atoms with Crippen LogP contribution in [0.5, 0.6) is 5.75 Å². The average Bonchev–Trinajstić information content (AvgIpc) is 2.98. The third-order valence-electron chi connectivity index (χ3n) is 3.92. The SMILES string of the molecule is COc1cccc(NC(=O)C[C@@H](C)NCCCc2[nH]nc(N)c2C#N)c1. The summed E-state index contributed by atoms with van der Waals surface area (Å²) in [5.41, 5.74) is 7.48. The van der Waals surface area contributed by atoms with Crippen molar-refractivity contribution in [1.29, 1.82) is 5.26 Å². The number of rotatable bonds is 9. The van der Waals surface area contributed by atoms with E-state index in [-0.39, 0.29) is 17.8 Å². The average molecular weight is 356 g/mol. The van der Waals surface area contributed by atoms with Gasteiger partial charge >= 0.3 is 0 Å². The Balaban J connectivity index is 1.70. The molecule has 8 nitrogen and oxygen atoms in total. The molecule has 1 heterocycles. The molecule has 0 unspecified atom stereocenters. The van der Waals surface area contributed by atoms with Gasteiger partial charge in [0.2, 0.25) is 5.91 Å². The minimum Gasteiger partial charge on any atom is -0.497 e. The number of methoxy groups -OCH3 is 1. The molecule has 8 heteroatoms. The molecule has 1 amide bonds. The van der Waals surface area contributed by atoms with E-state index in [1.54, 1.807) is 13.2 Å². The van der Waals surface area contributed by atoms with E-state index in [1.165, 1.54) is 0 Å². The summed E-state index contributed by atoms with van der Waals surface area (Å²) in [6.45, 7) is 2.68. The van der Waals surface area contributed by atoms with Crippen LogP contribution in [0.15, 0.2) is 24.3 Å². The van der Waals surface area contributed by atoms with Crippen LogP contribution in [-0.4, -0.2) is 35.8 Å². The van der Waals surface area contributed by atoms with Crippen LogP contribution in [0.2, 0.25) is 0 Å². The lowest BCUT2D eigenvalue weighted by Crippen LogP contribution is -2.31. The number of nitrogen functional groups attached to an aromatic ring is 1. The van der Waals surface area contributed by atoms with Crippen molar-refractivity contribution in [3.05, 3.63) is 35.5 Å². The van der Waals surface area contributed by atoms with Gasteiger partial charge in [0.15, 0.2) is 5.82 Å². The molecule has 0 aliphatic heterocycles. The van der Waals surface area contributed by atoms with E-state index < -0.39 is 0 Å². The molecule has 26 heavy (non-hydrogen) atoms. The lowest BCUT2D eigenvalue weighted by molar-refractivity contribution is -0.116. The fourth-order valence-electron chi connectivity index (χ4n) is 2.58. The first-order valence-electron chi connectivity index (χ1n) is 8.43. The Hall–Kier alpha value is -3.05. The summed E-state index contributed by atoms with van der Waals surface area (Å²) in [6, 6.07) is 9.33. The largest absolute Gasteiger partial charge is 0.497 e. The topological polar surface area (TPSA) is 129 Å². The highest BCUT2D eigenvalue weighted by Gasteiger charge is 2.11. The summed E-state index contributed by atoms with van der Waals surface area (Å²) in [6.07, 6.45) is 1.83. The number of H-pyrrole nitrogens is 1. The summed E-state index contributed by atoms with van der Waals surface area (Å²) in [7, 11) is 1.59. The third-order valence-corrected chi connectivity index (χ3v) is 3.92. The summed E-state index contributed by atoms with van der Waals surface area (Å²) < 4.78 is 5.14. The van der Waals surface area contributed by atoms with Crippen LogP contribution in [0.3, 0.4) is 0 Å². The summed E-state index contributed by atoms with van der Waals surface area (Å²) in [5.74, 6) is 0.870. The number of nitriles is 1. The van der Waals surface area contributed by atoms with E-state index >= 15 is 0 Å². The monoisotopic (exact) mass is 356 g/mol. The lowest BCUT2D eigenvalue weighted by Gasteiger charge is -2.14. The van der Waals surface area contributed by atoms with Crippen molar-refractivity contribution in [3.8, 4) is 11.8 Å². The highest BCUT2D eigenvalue weighted by Crippen LogP contribution is 2.17. The lowest BCUT2D eigenvalue weighted by atomic mass is 10.1. The van der Waals surface area contributed by atoms with Crippen LogP contribution in [0.25, 0.3) is 0 Å². The summed E-state index contributed by atoms with van der Waals surface area (Å²) >= 11 is 0. The van der Waals surface area contributed by atoms with E-state index in [1.807, 2.05) is 31.2 Å². The molecule has 1 atom stereocenters. The maximum absolute atomic E-state index is 12.1. The van der Waals surface area contributed by atoms with Gasteiger partial charge in [0, 0.05) is 24.2 Å². The molecule has 1 aromatic heterocycles. The predicted octanol–water partition coefficient (Wildman–Crippen LogP) is 1.81. The van der Waals surface area contributed by atoms with Crippen molar-refractivity contribution < 1.29 is 9.53 Å². The quantitative estimate of drug-likeness (QED) is 0.507. The van der Waals surface area contributed by atoms with Gasteiger partial charge in [-0.3, -0.25) is 9.89 Å². The van der Waals surface area contributed by atoms with Gasteiger partial charge in [-0.25, -0.2) is 0 Å². The third kappa shape index (κ3) is 5.50. The second-order valence-corrected chi connectivity index (χ2v) is 6.02. The maximum Gasteiger partial charge on any atom is 0.225 e. The second-order valence-electron chi connectivity index (χ2n) is 6.02. The van der Waals surface area contributed by atoms with Gasteiger partial charge in [-0.1, -0.05) is 6.07 Å². The van der Waals surface area contributed by atoms with Gasteiger partial charge in [0.25, 0.3) is 0 Å². The zero-order valence-corrected chi connectivity index (χ0v) is 15.0. The number of ether oxygens (including phenoxy) is 1. The molecule has 2 rings (SSSR count). The molecule has 1 aromatic carbocycles. The van der Waals surface area contributed by atoms with Crippen LogP contribution < -0.4 is 21.1 Å². The van der Waals surface area contributed by atoms with Crippen molar-refractivity contribution in [1.82, 2.24) is 15.5 Å². The van der Waals surface area contributed by atoms with Crippen LogP contribution in [0.4, 0.5) is 11.5 Å². The molecule has 0 aliphatic rings. The van der Waals surface area contributed by atoms with E-state index in [0.717, 1.165) is 18.7 Å². The Morgan fingerprint density at radius 3 is 3.04 bits per heavy atom. The Morgan fingerprint density at radius 2 is 2.31 bits per heavy atom. The zero-order chi connectivity index (χ0) is 18.9. The van der Waals surface area contributed by atoms with Gasteiger partial charge in [-0.15, -0.1) is 0 Å². The molecule has 0 saturated carbocycles. The van der Waals surface area contributed by atoms with Crippen molar-refractivity contribution in [3.63, 3.8) is 0 Å². The van der Waals surface area contributed by atoms with E-state index in [0.29, 0.717) is 29.8 Å². The molecule has 138 valence electrons. The second kappa shape index (κ2) is 9.44. The van der Waals surface area contributed by atoms with Gasteiger partial charge in [-0.05, 0) is 38.4 Å². The fourth-order valence-corrected chi connectivity index (χ4v) is 2.58. The number of nitrogens with two attached hydrogens (primary N) is 1. The molecular weight excluding hydrogens is 332 g/mol. The molecule has 2 aromatic rings. The standard InChI is InChI=1S/C18H24N6O2/c1-12(9-17(25)22-13-5-3-6-14(10-13)26-2)21-8-4-7-16-15(11-19)18(20)24-23-16/h3,5-6,10,12,21H,4,7-9H2,1-2H3,(H,22,25)(H3,20,23,24)/t12-/m1/s1. The van der Waals surface area contributed by atoms with Crippen molar-refractivity contribution in [2.75, 3.05) is 24.7 Å². The number of aromatic nitrogens is 2. The molecule has 0 spiro atoms. The fraction of sp³-hybridized carbons (Fsp3) is 0.389. The minimum atomic E-state index is -0.0636. The number of nitrogens with zero attached hydrogens (tertiary/aromatic N) is 2. The highest BCUT2D eigenvalue weighted by molar-refractivity contribution is 5.91. The van der Waals surface area contributed by atoms with Crippen LogP contribution in [-0.2, 0) is 11.2 Å². The Kier molecular flexibility index (Phi) is 7.00. The number of nitrogens with one attached hydrogen (secondary N) is 3. The Bertz CT molecular complexity index is 780. The van der Waals surface area contributed by atoms with Crippen LogP contribution in [0, 0.1) is 11.3 Å². The summed E-state index contributed by atoms with van der Waals surface area (Å²) in [4.78, 5) is 12.1. The number of aryl methyl sites for hydroxylation is 1. The first-order valence-corrected chi connectivity index (χ1v) is 8.43. The molecule has 5 N–H and O–H groups in total. The first kappa shape index (κ1) is 19.3. The molecule has 0 radical (unpaired) electrons.